The predicted molar refractivity (Wildman–Crippen MR) is 48.7 cm³/mol. The smallest absolute Gasteiger partial charge is 0.237 e. The van der Waals surface area contributed by atoms with Crippen molar-refractivity contribution in [1.29, 1.82) is 0 Å². The molecule has 0 aromatic heterocycles. The number of hydrogen-bond acceptors (Lipinski definition) is 2. The van der Waals surface area contributed by atoms with E-state index in [1.807, 2.05) is 6.92 Å². The van der Waals surface area contributed by atoms with Crippen LogP contribution < -0.4 is 11.1 Å². The third-order valence-corrected chi connectivity index (χ3v) is 2.39. The highest BCUT2D eigenvalue weighted by atomic mass is 16.2. The lowest BCUT2D eigenvalue weighted by atomic mass is 9.93. The van der Waals surface area contributed by atoms with Crippen LogP contribution >= 0.6 is 0 Å². The Labute approximate surface area is 73.7 Å². The molecule has 1 rings (SSSR count). The van der Waals surface area contributed by atoms with Crippen LogP contribution in [0.15, 0.2) is 0 Å². The molecule has 3 nitrogen and oxygen atoms in total. The summed E-state index contributed by atoms with van der Waals surface area (Å²) in [5, 5.41) is 2.94. The molecule has 0 aromatic carbocycles. The SMILES string of the molecule is CCC[C@H](N)C(=O)NC1CCC1. The highest BCUT2D eigenvalue weighted by molar-refractivity contribution is 5.81. The van der Waals surface area contributed by atoms with Crippen LogP contribution in [0.4, 0.5) is 0 Å². The molecule has 1 amide bonds. The van der Waals surface area contributed by atoms with E-state index in [1.54, 1.807) is 0 Å². The molecule has 1 saturated carbocycles. The zero-order chi connectivity index (χ0) is 8.97. The zero-order valence-electron chi connectivity index (χ0n) is 7.68. The van der Waals surface area contributed by atoms with Crippen LogP contribution in [0.2, 0.25) is 0 Å². The Hall–Kier alpha value is -0.570. The van der Waals surface area contributed by atoms with Gasteiger partial charge in [0, 0.05) is 6.04 Å². The van der Waals surface area contributed by atoms with Crippen molar-refractivity contribution < 1.29 is 4.79 Å². The summed E-state index contributed by atoms with van der Waals surface area (Å²) >= 11 is 0. The van der Waals surface area contributed by atoms with Crippen molar-refractivity contribution in [2.45, 2.75) is 51.1 Å². The topological polar surface area (TPSA) is 55.1 Å². The van der Waals surface area contributed by atoms with E-state index < -0.39 is 0 Å². The largest absolute Gasteiger partial charge is 0.352 e. The standard InChI is InChI=1S/C9H18N2O/c1-2-4-8(10)9(12)11-7-5-3-6-7/h7-8H,2-6,10H2,1H3,(H,11,12)/t8-/m0/s1. The summed E-state index contributed by atoms with van der Waals surface area (Å²) in [5.41, 5.74) is 5.64. The van der Waals surface area contributed by atoms with E-state index in [4.69, 9.17) is 5.73 Å². The third kappa shape index (κ3) is 2.48. The molecule has 0 unspecified atom stereocenters. The second kappa shape index (κ2) is 4.45. The molecule has 12 heavy (non-hydrogen) atoms. The quantitative estimate of drug-likeness (QED) is 0.655. The van der Waals surface area contributed by atoms with Gasteiger partial charge in [0.05, 0.1) is 6.04 Å². The van der Waals surface area contributed by atoms with E-state index >= 15 is 0 Å². The second-order valence-corrected chi connectivity index (χ2v) is 3.53. The van der Waals surface area contributed by atoms with Crippen molar-refractivity contribution in [2.75, 3.05) is 0 Å². The molecular formula is C9H18N2O. The van der Waals surface area contributed by atoms with Gasteiger partial charge in [0.25, 0.3) is 0 Å². The van der Waals surface area contributed by atoms with Gasteiger partial charge in [-0.05, 0) is 25.7 Å². The Kier molecular flexibility index (Phi) is 3.53. The fraction of sp³-hybridized carbons (Fsp3) is 0.889. The molecule has 0 saturated heterocycles. The van der Waals surface area contributed by atoms with Gasteiger partial charge in [0.15, 0.2) is 0 Å². The van der Waals surface area contributed by atoms with Gasteiger partial charge in [-0.3, -0.25) is 4.79 Å². The summed E-state index contributed by atoms with van der Waals surface area (Å²) in [7, 11) is 0. The monoisotopic (exact) mass is 170 g/mol. The minimum atomic E-state index is -0.296. The highest BCUT2D eigenvalue weighted by Crippen LogP contribution is 2.17. The molecule has 0 spiro atoms. The predicted octanol–water partition coefficient (Wildman–Crippen LogP) is 0.782. The van der Waals surface area contributed by atoms with Gasteiger partial charge in [-0.1, -0.05) is 13.3 Å². The molecule has 1 aliphatic carbocycles. The normalized spacial score (nSPS) is 19.8. The molecule has 3 heteroatoms. The molecule has 3 N–H and O–H groups in total. The lowest BCUT2D eigenvalue weighted by Gasteiger charge is -2.27. The minimum Gasteiger partial charge on any atom is -0.352 e. The molecule has 70 valence electrons. The van der Waals surface area contributed by atoms with Crippen molar-refractivity contribution in [3.8, 4) is 0 Å². The molecule has 0 bridgehead atoms. The molecule has 0 radical (unpaired) electrons. The third-order valence-electron chi connectivity index (χ3n) is 2.39. The zero-order valence-corrected chi connectivity index (χ0v) is 7.68. The van der Waals surface area contributed by atoms with Crippen LogP contribution in [0.1, 0.15) is 39.0 Å². The summed E-state index contributed by atoms with van der Waals surface area (Å²) in [6.45, 7) is 2.04. The number of amides is 1. The van der Waals surface area contributed by atoms with Crippen LogP contribution in [-0.4, -0.2) is 18.0 Å². The summed E-state index contributed by atoms with van der Waals surface area (Å²) in [4.78, 5) is 11.3. The molecule has 0 aliphatic heterocycles. The number of nitrogens with two attached hydrogens (primary N) is 1. The minimum absolute atomic E-state index is 0.0292. The van der Waals surface area contributed by atoms with Gasteiger partial charge in [0.1, 0.15) is 0 Å². The van der Waals surface area contributed by atoms with Gasteiger partial charge < -0.3 is 11.1 Å². The molecule has 0 aromatic rings. The first kappa shape index (κ1) is 9.52. The summed E-state index contributed by atoms with van der Waals surface area (Å²) in [6.07, 6.45) is 5.26. The van der Waals surface area contributed by atoms with Crippen molar-refractivity contribution in [3.05, 3.63) is 0 Å². The lowest BCUT2D eigenvalue weighted by molar-refractivity contribution is -0.123. The highest BCUT2D eigenvalue weighted by Gasteiger charge is 2.21. The van der Waals surface area contributed by atoms with Crippen LogP contribution in [0.3, 0.4) is 0 Å². The average Bonchev–Trinajstić information content (AvgIpc) is 1.97. The number of hydrogen-bond donors (Lipinski definition) is 2. The van der Waals surface area contributed by atoms with Gasteiger partial charge in [-0.15, -0.1) is 0 Å². The van der Waals surface area contributed by atoms with E-state index in [9.17, 15) is 4.79 Å². The van der Waals surface area contributed by atoms with E-state index in [0.29, 0.717) is 6.04 Å². The summed E-state index contributed by atoms with van der Waals surface area (Å²) in [6, 6.07) is 0.121. The van der Waals surface area contributed by atoms with Gasteiger partial charge in [-0.25, -0.2) is 0 Å². The first-order valence-electron chi connectivity index (χ1n) is 4.80. The van der Waals surface area contributed by atoms with E-state index in [2.05, 4.69) is 5.32 Å². The lowest BCUT2D eigenvalue weighted by Crippen LogP contribution is -2.47. The molecule has 0 heterocycles. The number of carbonyl (C=O) groups excluding carboxylic acids is 1. The molecule has 1 atom stereocenters. The van der Waals surface area contributed by atoms with E-state index in [0.717, 1.165) is 25.7 Å². The van der Waals surface area contributed by atoms with E-state index in [-0.39, 0.29) is 11.9 Å². The molecule has 1 fully saturated rings. The first-order valence-corrected chi connectivity index (χ1v) is 4.80. The van der Waals surface area contributed by atoms with Crippen LogP contribution in [0.5, 0.6) is 0 Å². The van der Waals surface area contributed by atoms with Crippen LogP contribution in [0.25, 0.3) is 0 Å². The maximum Gasteiger partial charge on any atom is 0.237 e. The number of rotatable bonds is 4. The number of carbonyl (C=O) groups is 1. The Morgan fingerprint density at radius 1 is 1.67 bits per heavy atom. The Morgan fingerprint density at radius 2 is 2.33 bits per heavy atom. The fourth-order valence-corrected chi connectivity index (χ4v) is 1.30. The first-order chi connectivity index (χ1) is 5.74. The van der Waals surface area contributed by atoms with Gasteiger partial charge >= 0.3 is 0 Å². The van der Waals surface area contributed by atoms with E-state index in [1.165, 1.54) is 6.42 Å². The number of nitrogens with one attached hydrogen (secondary N) is 1. The molecular weight excluding hydrogens is 152 g/mol. The Bertz CT molecular complexity index is 155. The Balaban J connectivity index is 2.16. The summed E-state index contributed by atoms with van der Waals surface area (Å²) < 4.78 is 0. The summed E-state index contributed by atoms with van der Waals surface area (Å²) in [5.74, 6) is 0.0292. The van der Waals surface area contributed by atoms with Gasteiger partial charge in [-0.2, -0.15) is 0 Å². The maximum absolute atomic E-state index is 11.3. The average molecular weight is 170 g/mol. The maximum atomic E-state index is 11.3. The fourth-order valence-electron chi connectivity index (χ4n) is 1.30. The Morgan fingerprint density at radius 3 is 2.75 bits per heavy atom. The van der Waals surface area contributed by atoms with Crippen LogP contribution in [-0.2, 0) is 4.79 Å². The van der Waals surface area contributed by atoms with Gasteiger partial charge in [0.2, 0.25) is 5.91 Å². The van der Waals surface area contributed by atoms with Crippen molar-refractivity contribution >= 4 is 5.91 Å². The van der Waals surface area contributed by atoms with Crippen molar-refractivity contribution in [3.63, 3.8) is 0 Å². The van der Waals surface area contributed by atoms with Crippen molar-refractivity contribution in [2.24, 2.45) is 5.73 Å². The second-order valence-electron chi connectivity index (χ2n) is 3.53. The van der Waals surface area contributed by atoms with Crippen molar-refractivity contribution in [1.82, 2.24) is 5.32 Å². The molecule has 1 aliphatic rings. The van der Waals surface area contributed by atoms with Crippen LogP contribution in [0, 0.1) is 0 Å².